The molecule has 0 aliphatic rings. The van der Waals surface area contributed by atoms with Crippen molar-refractivity contribution in [2.45, 2.75) is 19.9 Å². The van der Waals surface area contributed by atoms with Crippen molar-refractivity contribution in [3.05, 3.63) is 30.4 Å². The van der Waals surface area contributed by atoms with Crippen LogP contribution in [0.1, 0.15) is 25.8 Å². The minimum absolute atomic E-state index is 0.0455. The number of rotatable bonds is 9. The van der Waals surface area contributed by atoms with Crippen LogP contribution in [0.25, 0.3) is 11.4 Å². The summed E-state index contributed by atoms with van der Waals surface area (Å²) < 4.78 is 15.4. The first-order valence-corrected chi connectivity index (χ1v) is 7.72. The fourth-order valence-electron chi connectivity index (χ4n) is 2.01. The summed E-state index contributed by atoms with van der Waals surface area (Å²) in [7, 11) is 1.58. The summed E-state index contributed by atoms with van der Waals surface area (Å²) in [5, 5.41) is 6.82. The quantitative estimate of drug-likeness (QED) is 0.695. The molecule has 2 rings (SSSR count). The summed E-state index contributed by atoms with van der Waals surface area (Å²) in [5.74, 6) is 0.629. The van der Waals surface area contributed by atoms with E-state index in [0.717, 1.165) is 5.56 Å². The highest BCUT2D eigenvalue weighted by Crippen LogP contribution is 2.23. The van der Waals surface area contributed by atoms with Crippen LogP contribution in [0.15, 0.2) is 29.0 Å². The van der Waals surface area contributed by atoms with Gasteiger partial charge in [0.15, 0.2) is 0 Å². The molecule has 1 atom stereocenters. The van der Waals surface area contributed by atoms with Crippen molar-refractivity contribution in [3.63, 3.8) is 0 Å². The highest BCUT2D eigenvalue weighted by molar-refractivity contribution is 5.77. The van der Waals surface area contributed by atoms with Crippen LogP contribution in [-0.4, -0.2) is 48.0 Å². The molecule has 0 fully saturated rings. The van der Waals surface area contributed by atoms with Gasteiger partial charge in [0.1, 0.15) is 12.6 Å². The molecule has 1 unspecified atom stereocenters. The summed E-state index contributed by atoms with van der Waals surface area (Å²) in [4.78, 5) is 20.4. The number of hydrogen-bond acceptors (Lipinski definition) is 7. The third kappa shape index (κ3) is 5.10. The summed E-state index contributed by atoms with van der Waals surface area (Å²) in [6, 6.07) is 3.25. The van der Waals surface area contributed by atoms with Crippen LogP contribution in [0, 0.1) is 5.92 Å². The second-order valence-electron chi connectivity index (χ2n) is 5.53. The number of amides is 1. The molecule has 1 amide bonds. The van der Waals surface area contributed by atoms with Crippen LogP contribution in [0.4, 0.5) is 0 Å². The summed E-state index contributed by atoms with van der Waals surface area (Å²) in [5.41, 5.74) is 0.754. The second kappa shape index (κ2) is 9.09. The molecule has 0 aliphatic heterocycles. The molecule has 2 heterocycles. The van der Waals surface area contributed by atoms with E-state index < -0.39 is 0 Å². The summed E-state index contributed by atoms with van der Waals surface area (Å²) in [6.07, 6.45) is 3.33. The Hall–Kier alpha value is -2.32. The molecule has 0 spiro atoms. The van der Waals surface area contributed by atoms with Crippen molar-refractivity contribution >= 4 is 5.91 Å². The fraction of sp³-hybridized carbons (Fsp3) is 0.500. The van der Waals surface area contributed by atoms with Crippen LogP contribution in [0.5, 0.6) is 0 Å². The molecule has 2 aromatic rings. The van der Waals surface area contributed by atoms with Gasteiger partial charge in [0.2, 0.25) is 17.6 Å². The zero-order valence-electron chi connectivity index (χ0n) is 14.1. The smallest absolute Gasteiger partial charge is 0.249 e. The first kappa shape index (κ1) is 18.0. The number of ether oxygens (including phenoxy) is 2. The molecular formula is C16H22N4O4. The number of carbonyl (C=O) groups excluding carboxylic acids is 1. The molecule has 1 N–H and O–H groups in total. The summed E-state index contributed by atoms with van der Waals surface area (Å²) >= 11 is 0. The Kier molecular flexibility index (Phi) is 6.83. The lowest BCUT2D eigenvalue weighted by atomic mass is 10.0. The molecule has 0 saturated heterocycles. The number of nitrogens with one attached hydrogen (secondary N) is 1. The van der Waals surface area contributed by atoms with Crippen molar-refractivity contribution < 1.29 is 18.8 Å². The Morgan fingerprint density at radius 1 is 1.38 bits per heavy atom. The molecule has 0 radical (unpaired) electrons. The number of aromatic nitrogens is 3. The van der Waals surface area contributed by atoms with Gasteiger partial charge < -0.3 is 19.3 Å². The maximum absolute atomic E-state index is 12.0. The molecule has 0 aromatic carbocycles. The van der Waals surface area contributed by atoms with Gasteiger partial charge in [-0.3, -0.25) is 9.78 Å². The average molecular weight is 334 g/mol. The van der Waals surface area contributed by atoms with E-state index in [4.69, 9.17) is 14.0 Å². The van der Waals surface area contributed by atoms with Gasteiger partial charge in [-0.15, -0.1) is 0 Å². The Bertz CT molecular complexity index is 630. The number of pyridine rings is 1. The highest BCUT2D eigenvalue weighted by atomic mass is 16.5. The van der Waals surface area contributed by atoms with E-state index in [9.17, 15) is 4.79 Å². The third-order valence-corrected chi connectivity index (χ3v) is 3.28. The van der Waals surface area contributed by atoms with Crippen molar-refractivity contribution in [1.82, 2.24) is 20.4 Å². The lowest BCUT2D eigenvalue weighted by Gasteiger charge is -2.18. The van der Waals surface area contributed by atoms with Crippen LogP contribution in [0.3, 0.4) is 0 Å². The van der Waals surface area contributed by atoms with Crippen LogP contribution < -0.4 is 5.32 Å². The standard InChI is InChI=1S/C16H22N4O4/c1-11(2)14(18-13(21)10-23-8-7-22-3)16-19-15(20-24-16)12-5-4-6-17-9-12/h4-6,9,11,14H,7-8,10H2,1-3H3,(H,18,21). The van der Waals surface area contributed by atoms with Gasteiger partial charge in [-0.05, 0) is 18.1 Å². The van der Waals surface area contributed by atoms with E-state index in [1.165, 1.54) is 0 Å². The van der Waals surface area contributed by atoms with Gasteiger partial charge in [-0.25, -0.2) is 0 Å². The number of nitrogens with zero attached hydrogens (tertiary/aromatic N) is 3. The number of hydrogen-bond donors (Lipinski definition) is 1. The minimum Gasteiger partial charge on any atom is -0.382 e. The van der Waals surface area contributed by atoms with Gasteiger partial charge >= 0.3 is 0 Å². The van der Waals surface area contributed by atoms with E-state index in [1.54, 1.807) is 25.6 Å². The monoisotopic (exact) mass is 334 g/mol. The maximum Gasteiger partial charge on any atom is 0.249 e. The fourth-order valence-corrected chi connectivity index (χ4v) is 2.01. The first-order valence-electron chi connectivity index (χ1n) is 7.72. The zero-order chi connectivity index (χ0) is 17.4. The molecular weight excluding hydrogens is 312 g/mol. The van der Waals surface area contributed by atoms with Crippen molar-refractivity contribution in [1.29, 1.82) is 0 Å². The Morgan fingerprint density at radius 2 is 2.21 bits per heavy atom. The molecule has 8 heteroatoms. The summed E-state index contributed by atoms with van der Waals surface area (Å²) in [6.45, 7) is 4.69. The highest BCUT2D eigenvalue weighted by Gasteiger charge is 2.24. The molecule has 2 aromatic heterocycles. The molecule has 24 heavy (non-hydrogen) atoms. The molecule has 0 aliphatic carbocycles. The second-order valence-corrected chi connectivity index (χ2v) is 5.53. The minimum atomic E-state index is -0.388. The molecule has 0 saturated carbocycles. The van der Waals surface area contributed by atoms with Crippen LogP contribution >= 0.6 is 0 Å². The van der Waals surface area contributed by atoms with E-state index in [-0.39, 0.29) is 24.5 Å². The number of methoxy groups -OCH3 is 1. The predicted octanol–water partition coefficient (Wildman–Crippen LogP) is 1.61. The molecule has 0 bridgehead atoms. The van der Waals surface area contributed by atoms with E-state index in [2.05, 4.69) is 20.4 Å². The van der Waals surface area contributed by atoms with Gasteiger partial charge in [0.25, 0.3) is 0 Å². The SMILES string of the molecule is COCCOCC(=O)NC(c1nc(-c2cccnc2)no1)C(C)C. The lowest BCUT2D eigenvalue weighted by molar-refractivity contribution is -0.127. The van der Waals surface area contributed by atoms with Gasteiger partial charge in [-0.1, -0.05) is 19.0 Å². The van der Waals surface area contributed by atoms with Gasteiger partial charge in [0, 0.05) is 25.1 Å². The van der Waals surface area contributed by atoms with Gasteiger partial charge in [-0.2, -0.15) is 4.98 Å². The van der Waals surface area contributed by atoms with Crippen LogP contribution in [-0.2, 0) is 14.3 Å². The van der Waals surface area contributed by atoms with E-state index in [0.29, 0.717) is 24.9 Å². The average Bonchev–Trinajstić information content (AvgIpc) is 3.07. The van der Waals surface area contributed by atoms with E-state index in [1.807, 2.05) is 19.9 Å². The number of carbonyl (C=O) groups is 1. The Labute approximate surface area is 140 Å². The maximum atomic E-state index is 12.0. The topological polar surface area (TPSA) is 99.4 Å². The van der Waals surface area contributed by atoms with Crippen molar-refractivity contribution in [3.8, 4) is 11.4 Å². The largest absolute Gasteiger partial charge is 0.382 e. The Morgan fingerprint density at radius 3 is 2.88 bits per heavy atom. The van der Waals surface area contributed by atoms with E-state index >= 15 is 0 Å². The van der Waals surface area contributed by atoms with Crippen LogP contribution in [0.2, 0.25) is 0 Å². The Balaban J connectivity index is 2.00. The molecule has 8 nitrogen and oxygen atoms in total. The predicted molar refractivity (Wildman–Crippen MR) is 85.9 cm³/mol. The van der Waals surface area contributed by atoms with Gasteiger partial charge in [0.05, 0.1) is 13.2 Å². The van der Waals surface area contributed by atoms with Crippen molar-refractivity contribution in [2.24, 2.45) is 5.92 Å². The lowest BCUT2D eigenvalue weighted by Crippen LogP contribution is -2.34. The zero-order valence-corrected chi connectivity index (χ0v) is 14.1. The molecule has 130 valence electrons. The third-order valence-electron chi connectivity index (χ3n) is 3.28. The first-order chi connectivity index (χ1) is 11.6. The normalized spacial score (nSPS) is 12.3. The van der Waals surface area contributed by atoms with Crippen molar-refractivity contribution in [2.75, 3.05) is 26.9 Å².